The van der Waals surface area contributed by atoms with Crippen LogP contribution in [0.15, 0.2) is 18.7 Å². The molecule has 0 bridgehead atoms. The third kappa shape index (κ3) is 5.47. The van der Waals surface area contributed by atoms with Crippen LogP contribution in [0.4, 0.5) is 0 Å². The van der Waals surface area contributed by atoms with Gasteiger partial charge in [-0.2, -0.15) is 0 Å². The summed E-state index contributed by atoms with van der Waals surface area (Å²) in [6.07, 6.45) is 5.69. The molecule has 0 aliphatic rings. The highest BCUT2D eigenvalue weighted by Crippen LogP contribution is 1.90. The molecule has 0 saturated carbocycles. The first-order valence-corrected chi connectivity index (χ1v) is 4.55. The second-order valence-electron chi connectivity index (χ2n) is 2.83. The van der Waals surface area contributed by atoms with Crippen LogP contribution >= 0.6 is 24.8 Å². The molecule has 3 nitrogen and oxygen atoms in total. The Bertz CT molecular complexity index is 198. The van der Waals surface area contributed by atoms with E-state index in [1.54, 1.807) is 0 Å². The minimum absolute atomic E-state index is 0. The van der Waals surface area contributed by atoms with Crippen LogP contribution < -0.4 is 0 Å². The van der Waals surface area contributed by atoms with E-state index in [2.05, 4.69) is 28.3 Å². The lowest BCUT2D eigenvalue weighted by Crippen LogP contribution is -2.26. The normalized spacial score (nSPS) is 9.36. The number of rotatable bonds is 5. The largest absolute Gasteiger partial charge is 0.336 e. The summed E-state index contributed by atoms with van der Waals surface area (Å²) in [5.41, 5.74) is 0. The van der Waals surface area contributed by atoms with Crippen LogP contribution in [0, 0.1) is 0 Å². The molecule has 0 aliphatic heterocycles. The number of nitrogens with zero attached hydrogens (tertiary/aromatic N) is 3. The highest BCUT2D eigenvalue weighted by molar-refractivity contribution is 5.85. The summed E-state index contributed by atoms with van der Waals surface area (Å²) in [5, 5.41) is 0. The van der Waals surface area contributed by atoms with Gasteiger partial charge in [-0.05, 0) is 13.1 Å². The molecule has 0 atom stereocenters. The van der Waals surface area contributed by atoms with Gasteiger partial charge in [0.2, 0.25) is 0 Å². The Hall–Kier alpha value is -0.250. The number of likely N-dealkylation sites (N-methyl/N-ethyl adjacent to an activating group) is 1. The predicted octanol–water partition coefficient (Wildman–Crippen LogP) is 2.07. The van der Waals surface area contributed by atoms with E-state index in [-0.39, 0.29) is 24.8 Å². The van der Waals surface area contributed by atoms with Gasteiger partial charge in [0.1, 0.15) is 0 Å². The van der Waals surface area contributed by atoms with Crippen molar-refractivity contribution in [2.75, 3.05) is 19.6 Å². The Morgan fingerprint density at radius 2 is 1.86 bits per heavy atom. The van der Waals surface area contributed by atoms with Crippen LogP contribution in [0.2, 0.25) is 0 Å². The number of hydrogen-bond donors (Lipinski definition) is 0. The molecular weight excluding hydrogens is 221 g/mol. The van der Waals surface area contributed by atoms with Crippen LogP contribution in [0.25, 0.3) is 0 Å². The van der Waals surface area contributed by atoms with E-state index in [1.165, 1.54) is 0 Å². The van der Waals surface area contributed by atoms with E-state index in [4.69, 9.17) is 0 Å². The SMILES string of the molecule is CCN(CC)CCn1ccnc1.Cl.Cl. The molecule has 0 saturated heterocycles. The number of aromatic nitrogens is 2. The zero-order chi connectivity index (χ0) is 8.81. The molecule has 0 N–H and O–H groups in total. The summed E-state index contributed by atoms with van der Waals surface area (Å²) >= 11 is 0. The first-order chi connectivity index (χ1) is 5.86. The van der Waals surface area contributed by atoms with Gasteiger partial charge >= 0.3 is 0 Å². The first kappa shape index (κ1) is 16.2. The molecule has 14 heavy (non-hydrogen) atoms. The topological polar surface area (TPSA) is 21.1 Å². The van der Waals surface area contributed by atoms with Gasteiger partial charge in [0, 0.05) is 25.5 Å². The summed E-state index contributed by atoms with van der Waals surface area (Å²) < 4.78 is 2.11. The molecule has 5 heteroatoms. The fourth-order valence-corrected chi connectivity index (χ4v) is 1.22. The maximum atomic E-state index is 4.00. The van der Waals surface area contributed by atoms with Gasteiger partial charge < -0.3 is 9.47 Å². The van der Waals surface area contributed by atoms with Gasteiger partial charge in [0.05, 0.1) is 6.33 Å². The van der Waals surface area contributed by atoms with Crippen molar-refractivity contribution in [1.29, 1.82) is 0 Å². The van der Waals surface area contributed by atoms with Gasteiger partial charge in [0.25, 0.3) is 0 Å². The third-order valence-electron chi connectivity index (χ3n) is 2.13. The minimum Gasteiger partial charge on any atom is -0.336 e. The highest BCUT2D eigenvalue weighted by Gasteiger charge is 1.97. The molecule has 0 aliphatic carbocycles. The average molecular weight is 240 g/mol. The molecule has 0 aromatic carbocycles. The summed E-state index contributed by atoms with van der Waals surface area (Å²) in [7, 11) is 0. The van der Waals surface area contributed by atoms with E-state index in [0.29, 0.717) is 0 Å². The van der Waals surface area contributed by atoms with Gasteiger partial charge in [0.15, 0.2) is 0 Å². The number of halogens is 2. The second-order valence-corrected chi connectivity index (χ2v) is 2.83. The van der Waals surface area contributed by atoms with Gasteiger partial charge in [-0.15, -0.1) is 24.8 Å². The minimum atomic E-state index is 0. The molecule has 1 aromatic heterocycles. The van der Waals surface area contributed by atoms with Gasteiger partial charge in [-0.3, -0.25) is 0 Å². The lowest BCUT2D eigenvalue weighted by atomic mass is 10.4. The quantitative estimate of drug-likeness (QED) is 0.785. The maximum absolute atomic E-state index is 4.00. The lowest BCUT2D eigenvalue weighted by molar-refractivity contribution is 0.290. The molecule has 1 aromatic rings. The summed E-state index contributed by atoms with van der Waals surface area (Å²) in [5.74, 6) is 0. The van der Waals surface area contributed by atoms with Crippen molar-refractivity contribution in [1.82, 2.24) is 14.5 Å². The third-order valence-corrected chi connectivity index (χ3v) is 2.13. The van der Waals surface area contributed by atoms with Crippen LogP contribution in [0.3, 0.4) is 0 Å². The average Bonchev–Trinajstić information content (AvgIpc) is 2.59. The fourth-order valence-electron chi connectivity index (χ4n) is 1.22. The molecular formula is C9H19Cl2N3. The first-order valence-electron chi connectivity index (χ1n) is 4.55. The summed E-state index contributed by atoms with van der Waals surface area (Å²) in [6.45, 7) is 8.80. The maximum Gasteiger partial charge on any atom is 0.0946 e. The van der Waals surface area contributed by atoms with Crippen LogP contribution in [-0.4, -0.2) is 34.1 Å². The summed E-state index contributed by atoms with van der Waals surface area (Å²) in [6, 6.07) is 0. The molecule has 84 valence electrons. The van der Waals surface area contributed by atoms with Crippen LogP contribution in [-0.2, 0) is 6.54 Å². The monoisotopic (exact) mass is 239 g/mol. The van der Waals surface area contributed by atoms with Gasteiger partial charge in [-0.1, -0.05) is 13.8 Å². The van der Waals surface area contributed by atoms with Crippen LogP contribution in [0.1, 0.15) is 13.8 Å². The van der Waals surface area contributed by atoms with Gasteiger partial charge in [-0.25, -0.2) is 4.98 Å². The Morgan fingerprint density at radius 3 is 2.29 bits per heavy atom. The molecule has 0 radical (unpaired) electrons. The Kier molecular flexibility index (Phi) is 10.8. The highest BCUT2D eigenvalue weighted by atomic mass is 35.5. The van der Waals surface area contributed by atoms with E-state index in [9.17, 15) is 0 Å². The standard InChI is InChI=1S/C9H17N3.2ClH/c1-3-11(4-2)7-8-12-6-5-10-9-12;;/h5-6,9H,3-4,7-8H2,1-2H3;2*1H. The Morgan fingerprint density at radius 1 is 1.21 bits per heavy atom. The molecule has 1 heterocycles. The van der Waals surface area contributed by atoms with E-state index in [0.717, 1.165) is 26.2 Å². The molecule has 0 spiro atoms. The van der Waals surface area contributed by atoms with Crippen molar-refractivity contribution < 1.29 is 0 Å². The second kappa shape index (κ2) is 9.31. The molecule has 0 fully saturated rings. The van der Waals surface area contributed by atoms with Crippen molar-refractivity contribution >= 4 is 24.8 Å². The van der Waals surface area contributed by atoms with E-state index >= 15 is 0 Å². The van der Waals surface area contributed by atoms with Crippen LogP contribution in [0.5, 0.6) is 0 Å². The van der Waals surface area contributed by atoms with Crippen molar-refractivity contribution in [2.45, 2.75) is 20.4 Å². The lowest BCUT2D eigenvalue weighted by Gasteiger charge is -2.17. The number of imidazole rings is 1. The van der Waals surface area contributed by atoms with E-state index in [1.807, 2.05) is 18.7 Å². The molecule has 0 amide bonds. The fraction of sp³-hybridized carbons (Fsp3) is 0.667. The summed E-state index contributed by atoms with van der Waals surface area (Å²) in [4.78, 5) is 6.40. The zero-order valence-electron chi connectivity index (χ0n) is 8.72. The van der Waals surface area contributed by atoms with E-state index < -0.39 is 0 Å². The van der Waals surface area contributed by atoms with Crippen molar-refractivity contribution in [2.24, 2.45) is 0 Å². The molecule has 0 unspecified atom stereocenters. The smallest absolute Gasteiger partial charge is 0.0946 e. The Balaban J connectivity index is 0. The Labute approximate surface area is 98.3 Å². The number of hydrogen-bond acceptors (Lipinski definition) is 2. The zero-order valence-corrected chi connectivity index (χ0v) is 10.4. The van der Waals surface area contributed by atoms with Crippen molar-refractivity contribution in [3.8, 4) is 0 Å². The predicted molar refractivity (Wildman–Crippen MR) is 64.5 cm³/mol. The van der Waals surface area contributed by atoms with Crippen molar-refractivity contribution in [3.63, 3.8) is 0 Å². The van der Waals surface area contributed by atoms with Crippen molar-refractivity contribution in [3.05, 3.63) is 18.7 Å². The molecule has 1 rings (SSSR count).